The fourth-order valence-corrected chi connectivity index (χ4v) is 1.33. The summed E-state index contributed by atoms with van der Waals surface area (Å²) in [6.45, 7) is 11.3. The first-order chi connectivity index (χ1) is 5.37. The highest BCUT2D eigenvalue weighted by atomic mass is 16.4. The lowest BCUT2D eigenvalue weighted by atomic mass is 10.2. The van der Waals surface area contributed by atoms with Crippen molar-refractivity contribution >= 4 is 5.97 Å². The molecule has 1 N–H and O–H groups in total. The van der Waals surface area contributed by atoms with Crippen LogP contribution in [-0.4, -0.2) is 28.1 Å². The van der Waals surface area contributed by atoms with Crippen LogP contribution in [0.25, 0.3) is 0 Å². The van der Waals surface area contributed by atoms with Crippen molar-refractivity contribution in [3.05, 3.63) is 12.3 Å². The molecule has 0 unspecified atom stereocenters. The van der Waals surface area contributed by atoms with Gasteiger partial charge in [-0.05, 0) is 27.7 Å². The number of hydrogen-bond donors (Lipinski definition) is 1. The van der Waals surface area contributed by atoms with Crippen molar-refractivity contribution in [3.8, 4) is 0 Å². The Balaban J connectivity index is 4.52. The van der Waals surface area contributed by atoms with Gasteiger partial charge in [0, 0.05) is 12.1 Å². The van der Waals surface area contributed by atoms with Crippen molar-refractivity contribution in [2.75, 3.05) is 0 Å². The molecule has 0 aliphatic rings. The van der Waals surface area contributed by atoms with E-state index in [4.69, 9.17) is 5.11 Å². The van der Waals surface area contributed by atoms with E-state index < -0.39 is 5.97 Å². The van der Waals surface area contributed by atoms with E-state index in [-0.39, 0.29) is 17.8 Å². The fourth-order valence-electron chi connectivity index (χ4n) is 1.33. The zero-order chi connectivity index (χ0) is 9.89. The first-order valence-corrected chi connectivity index (χ1v) is 4.08. The zero-order valence-electron chi connectivity index (χ0n) is 8.16. The standard InChI is InChI=1S/C9H17NO2/c1-6(2)10(7(3)4)8(5)9(11)12/h6-7H,5H2,1-4H3,(H,11,12). The van der Waals surface area contributed by atoms with E-state index in [9.17, 15) is 4.79 Å². The van der Waals surface area contributed by atoms with Crippen molar-refractivity contribution in [2.24, 2.45) is 0 Å². The lowest BCUT2D eigenvalue weighted by molar-refractivity contribution is -0.135. The molecule has 0 spiro atoms. The fraction of sp³-hybridized carbons (Fsp3) is 0.667. The second-order valence-electron chi connectivity index (χ2n) is 3.35. The Morgan fingerprint density at radius 2 is 1.58 bits per heavy atom. The van der Waals surface area contributed by atoms with Crippen LogP contribution in [-0.2, 0) is 4.79 Å². The minimum atomic E-state index is -0.947. The second-order valence-corrected chi connectivity index (χ2v) is 3.35. The van der Waals surface area contributed by atoms with Gasteiger partial charge in [-0.15, -0.1) is 0 Å². The van der Waals surface area contributed by atoms with Crippen LogP contribution in [0.2, 0.25) is 0 Å². The maximum atomic E-state index is 10.6. The zero-order valence-corrected chi connectivity index (χ0v) is 8.16. The number of carboxylic acids is 1. The van der Waals surface area contributed by atoms with Gasteiger partial charge in [0.15, 0.2) is 0 Å². The van der Waals surface area contributed by atoms with Gasteiger partial charge in [0.2, 0.25) is 0 Å². The molecule has 0 bridgehead atoms. The normalized spacial score (nSPS) is 10.5. The third-order valence-corrected chi connectivity index (χ3v) is 1.67. The predicted octanol–water partition coefficient (Wildman–Crippen LogP) is 1.70. The molecule has 0 saturated heterocycles. The molecule has 0 heterocycles. The van der Waals surface area contributed by atoms with Crippen molar-refractivity contribution in [2.45, 2.75) is 39.8 Å². The third-order valence-electron chi connectivity index (χ3n) is 1.67. The number of aliphatic carboxylic acids is 1. The van der Waals surface area contributed by atoms with Crippen LogP contribution in [0.15, 0.2) is 12.3 Å². The van der Waals surface area contributed by atoms with Crippen LogP contribution < -0.4 is 0 Å². The molecule has 70 valence electrons. The monoisotopic (exact) mass is 171 g/mol. The molecule has 3 heteroatoms. The Kier molecular flexibility index (Phi) is 3.80. The summed E-state index contributed by atoms with van der Waals surface area (Å²) in [5.41, 5.74) is 0.167. The van der Waals surface area contributed by atoms with Crippen LogP contribution >= 0.6 is 0 Å². The molecule has 0 saturated carbocycles. The molecule has 0 aromatic rings. The highest BCUT2D eigenvalue weighted by Crippen LogP contribution is 2.12. The lowest BCUT2D eigenvalue weighted by Gasteiger charge is -2.32. The highest BCUT2D eigenvalue weighted by molar-refractivity contribution is 5.85. The smallest absolute Gasteiger partial charge is 0.351 e. The van der Waals surface area contributed by atoms with Crippen LogP contribution in [0.1, 0.15) is 27.7 Å². The van der Waals surface area contributed by atoms with Crippen LogP contribution in [0.3, 0.4) is 0 Å². The molecule has 0 atom stereocenters. The first kappa shape index (κ1) is 11.0. The van der Waals surface area contributed by atoms with Gasteiger partial charge in [-0.25, -0.2) is 4.79 Å². The molecular formula is C9H17NO2. The summed E-state index contributed by atoms with van der Waals surface area (Å²) in [4.78, 5) is 12.4. The van der Waals surface area contributed by atoms with Gasteiger partial charge in [-0.3, -0.25) is 0 Å². The molecule has 0 aliphatic carbocycles. The van der Waals surface area contributed by atoms with Gasteiger partial charge in [-0.2, -0.15) is 0 Å². The van der Waals surface area contributed by atoms with Gasteiger partial charge < -0.3 is 10.0 Å². The summed E-state index contributed by atoms with van der Waals surface area (Å²) in [6.07, 6.45) is 0. The summed E-state index contributed by atoms with van der Waals surface area (Å²) >= 11 is 0. The van der Waals surface area contributed by atoms with Gasteiger partial charge in [-0.1, -0.05) is 6.58 Å². The first-order valence-electron chi connectivity index (χ1n) is 4.08. The van der Waals surface area contributed by atoms with E-state index in [2.05, 4.69) is 6.58 Å². The predicted molar refractivity (Wildman–Crippen MR) is 48.9 cm³/mol. The van der Waals surface area contributed by atoms with Gasteiger partial charge >= 0.3 is 5.97 Å². The van der Waals surface area contributed by atoms with E-state index >= 15 is 0 Å². The van der Waals surface area contributed by atoms with Crippen molar-refractivity contribution < 1.29 is 9.90 Å². The van der Waals surface area contributed by atoms with Gasteiger partial charge in [0.1, 0.15) is 5.70 Å². The van der Waals surface area contributed by atoms with Crippen molar-refractivity contribution in [1.29, 1.82) is 0 Å². The molecule has 0 aliphatic heterocycles. The Morgan fingerprint density at radius 1 is 1.25 bits per heavy atom. The minimum Gasteiger partial charge on any atom is -0.477 e. The number of hydrogen-bond acceptors (Lipinski definition) is 2. The molecule has 0 fully saturated rings. The van der Waals surface area contributed by atoms with Crippen LogP contribution in [0.4, 0.5) is 0 Å². The average molecular weight is 171 g/mol. The number of carboxylic acid groups (broad SMARTS) is 1. The van der Waals surface area contributed by atoms with Gasteiger partial charge in [0.25, 0.3) is 0 Å². The summed E-state index contributed by atoms with van der Waals surface area (Å²) in [5.74, 6) is -0.947. The van der Waals surface area contributed by atoms with Gasteiger partial charge in [0.05, 0.1) is 0 Å². The topological polar surface area (TPSA) is 40.5 Å². The Hall–Kier alpha value is -0.990. The maximum Gasteiger partial charge on any atom is 0.351 e. The van der Waals surface area contributed by atoms with E-state index in [1.165, 1.54) is 0 Å². The highest BCUT2D eigenvalue weighted by Gasteiger charge is 2.19. The molecule has 3 nitrogen and oxygen atoms in total. The number of nitrogens with zero attached hydrogens (tertiary/aromatic N) is 1. The molecule has 12 heavy (non-hydrogen) atoms. The van der Waals surface area contributed by atoms with E-state index in [1.54, 1.807) is 4.90 Å². The molecule has 0 amide bonds. The van der Waals surface area contributed by atoms with Crippen LogP contribution in [0.5, 0.6) is 0 Å². The number of carbonyl (C=O) groups is 1. The largest absolute Gasteiger partial charge is 0.477 e. The second kappa shape index (κ2) is 4.14. The quantitative estimate of drug-likeness (QED) is 0.654. The van der Waals surface area contributed by atoms with E-state index in [0.717, 1.165) is 0 Å². The molecular weight excluding hydrogens is 154 g/mol. The third kappa shape index (κ3) is 2.57. The summed E-state index contributed by atoms with van der Waals surface area (Å²) in [6, 6.07) is 0.349. The minimum absolute atomic E-state index is 0.167. The van der Waals surface area contributed by atoms with Crippen molar-refractivity contribution in [3.63, 3.8) is 0 Å². The Labute approximate surface area is 73.7 Å². The summed E-state index contributed by atoms with van der Waals surface area (Å²) in [5, 5.41) is 8.71. The van der Waals surface area contributed by atoms with E-state index in [0.29, 0.717) is 0 Å². The molecule has 0 aromatic carbocycles. The lowest BCUT2D eigenvalue weighted by Crippen LogP contribution is -2.38. The Morgan fingerprint density at radius 3 is 1.67 bits per heavy atom. The SMILES string of the molecule is C=C(C(=O)O)N(C(C)C)C(C)C. The molecule has 0 radical (unpaired) electrons. The van der Waals surface area contributed by atoms with Crippen LogP contribution in [0, 0.1) is 0 Å². The summed E-state index contributed by atoms with van der Waals surface area (Å²) < 4.78 is 0. The maximum absolute atomic E-state index is 10.6. The van der Waals surface area contributed by atoms with Crippen molar-refractivity contribution in [1.82, 2.24) is 4.90 Å². The Bertz CT molecular complexity index is 177. The number of rotatable bonds is 4. The molecule has 0 rings (SSSR count). The molecule has 0 aromatic heterocycles. The average Bonchev–Trinajstić information content (AvgIpc) is 1.85. The van der Waals surface area contributed by atoms with E-state index in [1.807, 2.05) is 27.7 Å². The summed E-state index contributed by atoms with van der Waals surface area (Å²) in [7, 11) is 0.